The molecule has 1 aliphatic heterocycles. The Bertz CT molecular complexity index is 1120. The molecule has 28 heavy (non-hydrogen) atoms. The van der Waals surface area contributed by atoms with Gasteiger partial charge in [-0.1, -0.05) is 0 Å². The fourth-order valence-electron chi connectivity index (χ4n) is 3.58. The summed E-state index contributed by atoms with van der Waals surface area (Å²) in [5.41, 5.74) is 3.64. The quantitative estimate of drug-likeness (QED) is 0.735. The van der Waals surface area contributed by atoms with Gasteiger partial charge in [-0.3, -0.25) is 9.10 Å². The molecule has 0 bridgehead atoms. The van der Waals surface area contributed by atoms with Gasteiger partial charge in [0.2, 0.25) is 10.0 Å². The van der Waals surface area contributed by atoms with Gasteiger partial charge in [-0.2, -0.15) is 0 Å². The van der Waals surface area contributed by atoms with Crippen LogP contribution >= 0.6 is 0 Å². The maximum atomic E-state index is 12.6. The van der Waals surface area contributed by atoms with E-state index in [1.165, 1.54) is 10.6 Å². The monoisotopic (exact) mass is 396 g/mol. The summed E-state index contributed by atoms with van der Waals surface area (Å²) in [6, 6.07) is 12.4. The van der Waals surface area contributed by atoms with E-state index in [0.29, 0.717) is 23.4 Å². The highest BCUT2D eigenvalue weighted by atomic mass is 32.2. The summed E-state index contributed by atoms with van der Waals surface area (Å²) in [5.74, 6) is -0.233. The van der Waals surface area contributed by atoms with Crippen molar-refractivity contribution >= 4 is 27.3 Å². The number of rotatable bonds is 4. The summed E-state index contributed by atoms with van der Waals surface area (Å²) in [4.78, 5) is 16.6. The van der Waals surface area contributed by atoms with Gasteiger partial charge in [0.05, 0.1) is 18.3 Å². The standard InChI is InChI=1S/C20H20N4O3S/c1-14-11-16-12-15(3-8-19(16)24(14)28(2,26)27)20(25)22-17-4-6-18(7-5-17)23-10-9-21-13-23/h3-10,12-14H,11H2,1-2H3,(H,22,25). The Morgan fingerprint density at radius 1 is 1.18 bits per heavy atom. The Hall–Kier alpha value is -3.13. The Balaban J connectivity index is 1.53. The van der Waals surface area contributed by atoms with Crippen LogP contribution in [0.2, 0.25) is 0 Å². The van der Waals surface area contributed by atoms with Crippen molar-refractivity contribution in [2.75, 3.05) is 15.9 Å². The second-order valence-electron chi connectivity index (χ2n) is 6.93. The lowest BCUT2D eigenvalue weighted by molar-refractivity contribution is 0.102. The number of aromatic nitrogens is 2. The van der Waals surface area contributed by atoms with Crippen LogP contribution in [-0.2, 0) is 16.4 Å². The average Bonchev–Trinajstić information content (AvgIpc) is 3.27. The molecule has 1 amide bonds. The number of fused-ring (bicyclic) bond motifs is 1. The van der Waals surface area contributed by atoms with E-state index >= 15 is 0 Å². The van der Waals surface area contributed by atoms with Crippen LogP contribution in [0.3, 0.4) is 0 Å². The minimum Gasteiger partial charge on any atom is -0.322 e. The highest BCUT2D eigenvalue weighted by molar-refractivity contribution is 7.92. The maximum absolute atomic E-state index is 12.6. The molecule has 3 aromatic rings. The van der Waals surface area contributed by atoms with Crippen LogP contribution in [0.5, 0.6) is 0 Å². The van der Waals surface area contributed by atoms with Crippen LogP contribution in [0.25, 0.3) is 5.69 Å². The van der Waals surface area contributed by atoms with Crippen molar-refractivity contribution in [2.45, 2.75) is 19.4 Å². The third-order valence-corrected chi connectivity index (χ3v) is 6.05. The van der Waals surface area contributed by atoms with Crippen molar-refractivity contribution in [1.29, 1.82) is 0 Å². The molecule has 0 spiro atoms. The van der Waals surface area contributed by atoms with Crippen molar-refractivity contribution in [3.63, 3.8) is 0 Å². The molecule has 0 saturated carbocycles. The number of carbonyl (C=O) groups is 1. The number of nitrogens with one attached hydrogen (secondary N) is 1. The van der Waals surface area contributed by atoms with E-state index in [1.54, 1.807) is 30.7 Å². The number of carbonyl (C=O) groups excluding carboxylic acids is 1. The Morgan fingerprint density at radius 2 is 1.93 bits per heavy atom. The molecular formula is C20H20N4O3S. The van der Waals surface area contributed by atoms with Gasteiger partial charge in [-0.05, 0) is 61.4 Å². The zero-order valence-electron chi connectivity index (χ0n) is 15.5. The molecule has 1 aromatic heterocycles. The van der Waals surface area contributed by atoms with Crippen molar-refractivity contribution in [3.8, 4) is 5.69 Å². The van der Waals surface area contributed by atoms with E-state index < -0.39 is 10.0 Å². The highest BCUT2D eigenvalue weighted by Gasteiger charge is 2.32. The summed E-state index contributed by atoms with van der Waals surface area (Å²) < 4.78 is 27.3. The number of hydrogen-bond acceptors (Lipinski definition) is 4. The second-order valence-corrected chi connectivity index (χ2v) is 8.79. The first-order valence-electron chi connectivity index (χ1n) is 8.85. The van der Waals surface area contributed by atoms with E-state index in [2.05, 4.69) is 10.3 Å². The zero-order valence-corrected chi connectivity index (χ0v) is 16.3. The number of sulfonamides is 1. The molecule has 1 unspecified atom stereocenters. The molecular weight excluding hydrogens is 376 g/mol. The number of imidazole rings is 1. The van der Waals surface area contributed by atoms with Crippen LogP contribution in [0, 0.1) is 0 Å². The molecule has 8 heteroatoms. The Morgan fingerprint density at radius 3 is 2.57 bits per heavy atom. The van der Waals surface area contributed by atoms with E-state index in [-0.39, 0.29) is 11.9 Å². The minimum atomic E-state index is -3.34. The first-order chi connectivity index (χ1) is 13.3. The summed E-state index contributed by atoms with van der Waals surface area (Å²) >= 11 is 0. The number of amides is 1. The smallest absolute Gasteiger partial charge is 0.255 e. The topological polar surface area (TPSA) is 84.3 Å². The van der Waals surface area contributed by atoms with Crippen LogP contribution in [0.15, 0.2) is 61.2 Å². The number of anilines is 2. The molecule has 0 saturated heterocycles. The molecule has 2 aromatic carbocycles. The van der Waals surface area contributed by atoms with Gasteiger partial charge in [-0.25, -0.2) is 13.4 Å². The summed E-state index contributed by atoms with van der Waals surface area (Å²) in [6.45, 7) is 1.86. The van der Waals surface area contributed by atoms with Crippen LogP contribution in [0.4, 0.5) is 11.4 Å². The van der Waals surface area contributed by atoms with Crippen molar-refractivity contribution in [1.82, 2.24) is 9.55 Å². The van der Waals surface area contributed by atoms with Gasteiger partial charge < -0.3 is 9.88 Å². The predicted molar refractivity (Wildman–Crippen MR) is 108 cm³/mol. The molecule has 2 heterocycles. The minimum absolute atomic E-state index is 0.154. The lowest BCUT2D eigenvalue weighted by Crippen LogP contribution is -2.34. The lowest BCUT2D eigenvalue weighted by atomic mass is 10.1. The molecule has 144 valence electrons. The van der Waals surface area contributed by atoms with E-state index in [1.807, 2.05) is 42.0 Å². The molecule has 1 atom stereocenters. The normalized spacial score (nSPS) is 16.1. The molecule has 4 rings (SSSR count). The summed E-state index contributed by atoms with van der Waals surface area (Å²) in [6.07, 6.45) is 7.04. The molecule has 0 fully saturated rings. The summed E-state index contributed by atoms with van der Waals surface area (Å²) in [5, 5.41) is 2.88. The fraction of sp³-hybridized carbons (Fsp3) is 0.200. The fourth-order valence-corrected chi connectivity index (χ4v) is 4.85. The number of nitrogens with zero attached hydrogens (tertiary/aromatic N) is 3. The van der Waals surface area contributed by atoms with E-state index in [4.69, 9.17) is 0 Å². The summed E-state index contributed by atoms with van der Waals surface area (Å²) in [7, 11) is -3.34. The third-order valence-electron chi connectivity index (χ3n) is 4.78. The lowest BCUT2D eigenvalue weighted by Gasteiger charge is -2.21. The third kappa shape index (κ3) is 3.38. The van der Waals surface area contributed by atoms with Gasteiger partial charge in [0.25, 0.3) is 5.91 Å². The van der Waals surface area contributed by atoms with Gasteiger partial charge in [0.1, 0.15) is 0 Å². The van der Waals surface area contributed by atoms with Crippen molar-refractivity contribution in [2.24, 2.45) is 0 Å². The maximum Gasteiger partial charge on any atom is 0.255 e. The van der Waals surface area contributed by atoms with Gasteiger partial charge in [0, 0.05) is 35.4 Å². The van der Waals surface area contributed by atoms with Gasteiger partial charge >= 0.3 is 0 Å². The Labute approximate surface area is 163 Å². The number of benzene rings is 2. The van der Waals surface area contributed by atoms with Crippen molar-refractivity contribution < 1.29 is 13.2 Å². The zero-order chi connectivity index (χ0) is 19.9. The van der Waals surface area contributed by atoms with Crippen LogP contribution in [-0.4, -0.2) is 36.2 Å². The first-order valence-corrected chi connectivity index (χ1v) is 10.7. The van der Waals surface area contributed by atoms with Crippen LogP contribution in [0.1, 0.15) is 22.8 Å². The average molecular weight is 396 g/mol. The van der Waals surface area contributed by atoms with Crippen LogP contribution < -0.4 is 9.62 Å². The molecule has 0 aliphatic carbocycles. The van der Waals surface area contributed by atoms with Crippen molar-refractivity contribution in [3.05, 3.63) is 72.3 Å². The van der Waals surface area contributed by atoms with E-state index in [0.717, 1.165) is 11.3 Å². The molecule has 1 N–H and O–H groups in total. The SMILES string of the molecule is CC1Cc2cc(C(=O)Nc3ccc(-n4ccnc4)cc3)ccc2N1S(C)(=O)=O. The van der Waals surface area contributed by atoms with Gasteiger partial charge in [0.15, 0.2) is 0 Å². The first kappa shape index (κ1) is 18.2. The Kier molecular flexibility index (Phi) is 4.43. The molecule has 7 nitrogen and oxygen atoms in total. The van der Waals surface area contributed by atoms with E-state index in [9.17, 15) is 13.2 Å². The number of hydrogen-bond donors (Lipinski definition) is 1. The molecule has 0 radical (unpaired) electrons. The second kappa shape index (κ2) is 6.79. The highest BCUT2D eigenvalue weighted by Crippen LogP contribution is 2.34. The van der Waals surface area contributed by atoms with Gasteiger partial charge in [-0.15, -0.1) is 0 Å². The molecule has 1 aliphatic rings. The predicted octanol–water partition coefficient (Wildman–Crippen LogP) is 2.84. The largest absolute Gasteiger partial charge is 0.322 e.